The zero-order valence-corrected chi connectivity index (χ0v) is 20.3. The first-order chi connectivity index (χ1) is 17.5. The number of non-ortho nitro benzene ring substituents is 1. The quantitative estimate of drug-likeness (QED) is 0.241. The first-order valence-electron chi connectivity index (χ1n) is 12.1. The van der Waals surface area contributed by atoms with Gasteiger partial charge in [-0.05, 0) is 55.8 Å². The number of anilines is 3. The highest BCUT2D eigenvalue weighted by atomic mass is 16.6. The van der Waals surface area contributed by atoms with Crippen molar-refractivity contribution in [2.24, 2.45) is 0 Å². The second-order valence-corrected chi connectivity index (χ2v) is 8.97. The SMILES string of the molecule is CCCN1CC[C@@H](N(C)c2ccc(Nc3nc(Oc4cccc([N+](=O)[O-])c4)c4cc[nH]c4n3)cc2)C1. The monoisotopic (exact) mass is 487 g/mol. The van der Waals surface area contributed by atoms with Crippen LogP contribution in [0.25, 0.3) is 11.0 Å². The normalized spacial score (nSPS) is 15.8. The number of aromatic amines is 1. The van der Waals surface area contributed by atoms with Crippen molar-refractivity contribution in [3.05, 3.63) is 70.9 Å². The van der Waals surface area contributed by atoms with E-state index in [-0.39, 0.29) is 5.69 Å². The van der Waals surface area contributed by atoms with E-state index in [9.17, 15) is 10.1 Å². The van der Waals surface area contributed by atoms with E-state index in [0.717, 1.165) is 25.3 Å². The number of hydrogen-bond acceptors (Lipinski definition) is 8. The number of fused-ring (bicyclic) bond motifs is 1. The van der Waals surface area contributed by atoms with Gasteiger partial charge in [-0.25, -0.2) is 0 Å². The first-order valence-corrected chi connectivity index (χ1v) is 12.1. The van der Waals surface area contributed by atoms with E-state index in [1.165, 1.54) is 30.7 Å². The molecule has 0 unspecified atom stereocenters. The summed E-state index contributed by atoms with van der Waals surface area (Å²) in [5.74, 6) is 0.990. The molecule has 2 N–H and O–H groups in total. The predicted molar refractivity (Wildman–Crippen MR) is 140 cm³/mol. The van der Waals surface area contributed by atoms with Crippen molar-refractivity contribution in [1.82, 2.24) is 19.9 Å². The fourth-order valence-electron chi connectivity index (χ4n) is 4.59. The zero-order chi connectivity index (χ0) is 25.1. The number of nitrogens with zero attached hydrogens (tertiary/aromatic N) is 5. The van der Waals surface area contributed by atoms with Crippen molar-refractivity contribution in [1.29, 1.82) is 0 Å². The molecule has 0 aliphatic carbocycles. The molecule has 1 aliphatic rings. The Morgan fingerprint density at radius 3 is 2.83 bits per heavy atom. The lowest BCUT2D eigenvalue weighted by molar-refractivity contribution is -0.384. The molecule has 10 nitrogen and oxygen atoms in total. The molecule has 1 fully saturated rings. The third-order valence-corrected chi connectivity index (χ3v) is 6.49. The van der Waals surface area contributed by atoms with Gasteiger partial charge < -0.3 is 24.8 Å². The second-order valence-electron chi connectivity index (χ2n) is 8.97. The van der Waals surface area contributed by atoms with Crippen LogP contribution in [0.1, 0.15) is 19.8 Å². The van der Waals surface area contributed by atoms with Gasteiger partial charge in [0.2, 0.25) is 11.8 Å². The molecule has 0 spiro atoms. The number of nitro groups is 1. The minimum absolute atomic E-state index is 0.0500. The van der Waals surface area contributed by atoms with Crippen LogP contribution in [0, 0.1) is 10.1 Å². The average Bonchev–Trinajstić information content (AvgIpc) is 3.54. The Bertz CT molecular complexity index is 1360. The Morgan fingerprint density at radius 2 is 2.06 bits per heavy atom. The number of nitrogens with one attached hydrogen (secondary N) is 2. The van der Waals surface area contributed by atoms with Crippen LogP contribution in [0.5, 0.6) is 11.6 Å². The fraction of sp³-hybridized carbons (Fsp3) is 0.308. The minimum Gasteiger partial charge on any atom is -0.438 e. The summed E-state index contributed by atoms with van der Waals surface area (Å²) < 4.78 is 5.93. The van der Waals surface area contributed by atoms with Gasteiger partial charge in [-0.15, -0.1) is 0 Å². The average molecular weight is 488 g/mol. The van der Waals surface area contributed by atoms with Gasteiger partial charge in [0.05, 0.1) is 16.4 Å². The summed E-state index contributed by atoms with van der Waals surface area (Å²) in [4.78, 5) is 27.7. The maximum atomic E-state index is 11.1. The van der Waals surface area contributed by atoms with Gasteiger partial charge in [0.15, 0.2) is 0 Å². The molecule has 4 aromatic rings. The topological polar surface area (TPSA) is 112 Å². The Labute approximate surface area is 209 Å². The lowest BCUT2D eigenvalue weighted by Gasteiger charge is -2.27. The molecule has 186 valence electrons. The number of nitro benzene ring substituents is 1. The number of likely N-dealkylation sites (tertiary alicyclic amines) is 1. The summed E-state index contributed by atoms with van der Waals surface area (Å²) in [5.41, 5.74) is 2.56. The highest BCUT2D eigenvalue weighted by molar-refractivity contribution is 5.82. The highest BCUT2D eigenvalue weighted by Gasteiger charge is 2.25. The number of ether oxygens (including phenoxy) is 1. The van der Waals surface area contributed by atoms with E-state index in [0.29, 0.717) is 34.7 Å². The number of hydrogen-bond donors (Lipinski definition) is 2. The van der Waals surface area contributed by atoms with Crippen molar-refractivity contribution < 1.29 is 9.66 Å². The third kappa shape index (κ3) is 5.08. The summed E-state index contributed by atoms with van der Waals surface area (Å²) in [6.45, 7) is 5.64. The summed E-state index contributed by atoms with van der Waals surface area (Å²) >= 11 is 0. The molecule has 36 heavy (non-hydrogen) atoms. The Morgan fingerprint density at radius 1 is 1.22 bits per heavy atom. The fourth-order valence-corrected chi connectivity index (χ4v) is 4.59. The van der Waals surface area contributed by atoms with E-state index in [2.05, 4.69) is 56.2 Å². The van der Waals surface area contributed by atoms with Gasteiger partial charge >= 0.3 is 0 Å². The smallest absolute Gasteiger partial charge is 0.273 e. The van der Waals surface area contributed by atoms with Crippen molar-refractivity contribution in [2.75, 3.05) is 36.9 Å². The van der Waals surface area contributed by atoms with Crippen molar-refractivity contribution in [2.45, 2.75) is 25.8 Å². The molecule has 0 radical (unpaired) electrons. The number of likely N-dealkylation sites (N-methyl/N-ethyl adjacent to an activating group) is 1. The zero-order valence-electron chi connectivity index (χ0n) is 20.3. The number of benzene rings is 2. The van der Waals surface area contributed by atoms with Crippen LogP contribution in [-0.2, 0) is 0 Å². The van der Waals surface area contributed by atoms with Crippen molar-refractivity contribution in [3.63, 3.8) is 0 Å². The summed E-state index contributed by atoms with van der Waals surface area (Å²) in [6.07, 6.45) is 4.11. The Hall–Kier alpha value is -4.18. The van der Waals surface area contributed by atoms with E-state index in [1.54, 1.807) is 24.4 Å². The molecule has 1 atom stereocenters. The number of H-pyrrole nitrogens is 1. The Balaban J connectivity index is 1.32. The maximum absolute atomic E-state index is 11.1. The van der Waals surface area contributed by atoms with E-state index in [1.807, 2.05) is 12.1 Å². The molecule has 3 heterocycles. The third-order valence-electron chi connectivity index (χ3n) is 6.49. The van der Waals surface area contributed by atoms with Crippen molar-refractivity contribution in [3.8, 4) is 11.6 Å². The van der Waals surface area contributed by atoms with E-state index in [4.69, 9.17) is 4.74 Å². The molecular formula is C26H29N7O3. The van der Waals surface area contributed by atoms with Gasteiger partial charge in [-0.1, -0.05) is 13.0 Å². The van der Waals surface area contributed by atoms with Crippen LogP contribution in [0.15, 0.2) is 60.8 Å². The van der Waals surface area contributed by atoms with E-state index >= 15 is 0 Å². The van der Waals surface area contributed by atoms with Crippen LogP contribution in [0.3, 0.4) is 0 Å². The molecular weight excluding hydrogens is 458 g/mol. The molecule has 5 rings (SSSR count). The van der Waals surface area contributed by atoms with Crippen LogP contribution in [-0.4, -0.2) is 57.5 Å². The Kier molecular flexibility index (Phi) is 6.68. The summed E-state index contributed by atoms with van der Waals surface area (Å²) in [5, 5.41) is 15.0. The molecule has 2 aromatic heterocycles. The van der Waals surface area contributed by atoms with Crippen LogP contribution >= 0.6 is 0 Å². The molecule has 0 bridgehead atoms. The lowest BCUT2D eigenvalue weighted by Crippen LogP contribution is -2.34. The predicted octanol–water partition coefficient (Wildman–Crippen LogP) is 5.32. The van der Waals surface area contributed by atoms with Crippen LogP contribution in [0.4, 0.5) is 23.0 Å². The molecule has 0 amide bonds. The lowest BCUT2D eigenvalue weighted by atomic mass is 10.2. The van der Waals surface area contributed by atoms with Crippen LogP contribution < -0.4 is 15.0 Å². The van der Waals surface area contributed by atoms with Gasteiger partial charge in [0, 0.05) is 49.8 Å². The molecule has 10 heteroatoms. The van der Waals surface area contributed by atoms with Crippen molar-refractivity contribution >= 4 is 34.0 Å². The standard InChI is InChI=1S/C26H29N7O3/c1-3-14-32-15-12-21(17-32)31(2)19-9-7-18(8-10-19)28-26-29-24-23(11-13-27-24)25(30-26)36-22-6-4-5-20(16-22)33(34)35/h4-11,13,16,21H,3,12,14-15,17H2,1-2H3,(H2,27,28,29,30)/t21-/m1/s1. The van der Waals surface area contributed by atoms with E-state index < -0.39 is 4.92 Å². The van der Waals surface area contributed by atoms with Gasteiger partial charge in [-0.3, -0.25) is 10.1 Å². The first kappa shape index (κ1) is 23.6. The minimum atomic E-state index is -0.458. The molecule has 0 saturated carbocycles. The summed E-state index contributed by atoms with van der Waals surface area (Å²) in [6, 6.07) is 16.5. The molecule has 2 aromatic carbocycles. The summed E-state index contributed by atoms with van der Waals surface area (Å²) in [7, 11) is 2.16. The molecule has 1 saturated heterocycles. The van der Waals surface area contributed by atoms with Crippen LogP contribution in [0.2, 0.25) is 0 Å². The van der Waals surface area contributed by atoms with Gasteiger partial charge in [0.25, 0.3) is 5.69 Å². The second kappa shape index (κ2) is 10.2. The maximum Gasteiger partial charge on any atom is 0.273 e. The van der Waals surface area contributed by atoms with Gasteiger partial charge in [-0.2, -0.15) is 9.97 Å². The number of rotatable bonds is 9. The largest absolute Gasteiger partial charge is 0.438 e. The highest BCUT2D eigenvalue weighted by Crippen LogP contribution is 2.31. The molecule has 1 aliphatic heterocycles. The van der Waals surface area contributed by atoms with Gasteiger partial charge in [0.1, 0.15) is 11.4 Å². The number of aromatic nitrogens is 3.